The first-order chi connectivity index (χ1) is 9.75. The van der Waals surface area contributed by atoms with Gasteiger partial charge in [-0.05, 0) is 23.6 Å². The second-order valence-electron chi connectivity index (χ2n) is 4.29. The van der Waals surface area contributed by atoms with Gasteiger partial charge >= 0.3 is 0 Å². The number of nitrogens with zero attached hydrogens (tertiary/aromatic N) is 1. The fraction of sp³-hybridized carbons (Fsp3) is 0.143. The van der Waals surface area contributed by atoms with Gasteiger partial charge in [-0.15, -0.1) is 0 Å². The summed E-state index contributed by atoms with van der Waals surface area (Å²) in [7, 11) is 0. The summed E-state index contributed by atoms with van der Waals surface area (Å²) < 4.78 is 6.68. The zero-order valence-electron chi connectivity index (χ0n) is 10.5. The van der Waals surface area contributed by atoms with Crippen molar-refractivity contribution in [3.8, 4) is 0 Å². The van der Waals surface area contributed by atoms with Crippen LogP contribution in [0.2, 0.25) is 0 Å². The van der Waals surface area contributed by atoms with Crippen molar-refractivity contribution < 1.29 is 9.21 Å². The van der Waals surface area contributed by atoms with Crippen LogP contribution in [0.3, 0.4) is 0 Å². The van der Waals surface area contributed by atoms with Crippen molar-refractivity contribution in [1.82, 2.24) is 9.88 Å². The van der Waals surface area contributed by atoms with Crippen molar-refractivity contribution in [3.05, 3.63) is 57.3 Å². The predicted molar refractivity (Wildman–Crippen MR) is 77.1 cm³/mol. The molecule has 0 aliphatic heterocycles. The number of hydrogen-bond acceptors (Lipinski definition) is 4. The van der Waals surface area contributed by atoms with Crippen molar-refractivity contribution in [3.63, 3.8) is 0 Å². The molecule has 0 fully saturated rings. The van der Waals surface area contributed by atoms with Crippen LogP contribution in [-0.4, -0.2) is 17.0 Å². The molecule has 0 aromatic carbocycles. The molecule has 0 atom stereocenters. The van der Waals surface area contributed by atoms with Gasteiger partial charge in [-0.2, -0.15) is 11.3 Å². The van der Waals surface area contributed by atoms with Crippen LogP contribution in [0.5, 0.6) is 0 Å². The Kier molecular flexibility index (Phi) is 3.39. The molecular weight excluding hydrogens is 276 g/mol. The van der Waals surface area contributed by atoms with Crippen LogP contribution in [0, 0.1) is 0 Å². The summed E-state index contributed by atoms with van der Waals surface area (Å²) in [6.07, 6.45) is 3.20. The second-order valence-corrected chi connectivity index (χ2v) is 5.07. The Morgan fingerprint density at radius 2 is 2.25 bits per heavy atom. The average Bonchev–Trinajstić information content (AvgIpc) is 3.11. The van der Waals surface area contributed by atoms with Gasteiger partial charge in [-0.3, -0.25) is 9.59 Å². The lowest BCUT2D eigenvalue weighted by molar-refractivity contribution is 0.0952. The number of amides is 1. The third-order valence-corrected chi connectivity index (χ3v) is 3.69. The van der Waals surface area contributed by atoms with E-state index in [0.29, 0.717) is 24.2 Å². The molecular formula is C14H12N2O3S. The first-order valence-electron chi connectivity index (χ1n) is 6.13. The van der Waals surface area contributed by atoms with Crippen LogP contribution >= 0.6 is 11.3 Å². The number of carbonyl (C=O) groups is 1. The van der Waals surface area contributed by atoms with E-state index in [-0.39, 0.29) is 11.5 Å². The van der Waals surface area contributed by atoms with E-state index >= 15 is 0 Å². The Labute approximate surface area is 118 Å². The van der Waals surface area contributed by atoms with E-state index in [0.717, 1.165) is 5.39 Å². The first-order valence-corrected chi connectivity index (χ1v) is 7.07. The molecule has 0 saturated carbocycles. The molecule has 0 spiro atoms. The summed E-state index contributed by atoms with van der Waals surface area (Å²) in [4.78, 5) is 23.8. The molecule has 3 rings (SSSR count). The van der Waals surface area contributed by atoms with E-state index in [1.807, 2.05) is 11.4 Å². The van der Waals surface area contributed by atoms with E-state index < -0.39 is 0 Å². The van der Waals surface area contributed by atoms with E-state index in [4.69, 9.17) is 4.42 Å². The quantitative estimate of drug-likeness (QED) is 0.799. The van der Waals surface area contributed by atoms with Crippen LogP contribution in [-0.2, 0) is 6.54 Å². The molecule has 3 aromatic rings. The molecule has 0 saturated heterocycles. The fourth-order valence-corrected chi connectivity index (χ4v) is 2.59. The molecule has 0 aliphatic carbocycles. The maximum Gasteiger partial charge on any atom is 0.294 e. The fourth-order valence-electron chi connectivity index (χ4n) is 1.95. The smallest absolute Gasteiger partial charge is 0.294 e. The average molecular weight is 288 g/mol. The van der Waals surface area contributed by atoms with Crippen molar-refractivity contribution >= 4 is 28.2 Å². The van der Waals surface area contributed by atoms with E-state index in [1.54, 1.807) is 23.7 Å². The van der Waals surface area contributed by atoms with E-state index in [1.165, 1.54) is 22.2 Å². The van der Waals surface area contributed by atoms with Crippen LogP contribution in [0.1, 0.15) is 10.4 Å². The van der Waals surface area contributed by atoms with Crippen molar-refractivity contribution in [2.75, 3.05) is 6.54 Å². The number of fused-ring (bicyclic) bond motifs is 1. The molecule has 0 unspecified atom stereocenters. The minimum atomic E-state index is -0.183. The summed E-state index contributed by atoms with van der Waals surface area (Å²) >= 11 is 1.47. The molecule has 0 radical (unpaired) electrons. The Balaban J connectivity index is 1.67. The van der Waals surface area contributed by atoms with Gasteiger partial charge in [-0.25, -0.2) is 0 Å². The number of thiophene rings is 1. The highest BCUT2D eigenvalue weighted by Crippen LogP contribution is 2.09. The lowest BCUT2D eigenvalue weighted by Crippen LogP contribution is -2.30. The molecule has 0 bridgehead atoms. The second kappa shape index (κ2) is 5.34. The summed E-state index contributed by atoms with van der Waals surface area (Å²) in [6.45, 7) is 0.798. The molecule has 20 heavy (non-hydrogen) atoms. The largest absolute Gasteiger partial charge is 0.459 e. The van der Waals surface area contributed by atoms with E-state index in [9.17, 15) is 9.59 Å². The van der Waals surface area contributed by atoms with Gasteiger partial charge in [0.15, 0.2) is 5.58 Å². The minimum absolute atomic E-state index is 0.127. The Hall–Kier alpha value is -2.34. The van der Waals surface area contributed by atoms with Gasteiger partial charge in [0.1, 0.15) is 0 Å². The predicted octanol–water partition coefficient (Wildman–Crippen LogP) is 2.09. The standard InChI is InChI=1S/C14H12N2O3S/c17-13(11-3-8-20-9-11)15-4-6-16-5-1-10-2-7-19-12(10)14(16)18/h1-3,5,7-9H,4,6H2,(H,15,17). The lowest BCUT2D eigenvalue weighted by Gasteiger charge is -2.06. The molecule has 102 valence electrons. The minimum Gasteiger partial charge on any atom is -0.459 e. The van der Waals surface area contributed by atoms with Gasteiger partial charge in [0, 0.05) is 35.6 Å². The van der Waals surface area contributed by atoms with Gasteiger partial charge in [0.2, 0.25) is 0 Å². The Bertz CT molecular complexity index is 786. The molecule has 0 aliphatic rings. The van der Waals surface area contributed by atoms with Crippen LogP contribution < -0.4 is 10.9 Å². The van der Waals surface area contributed by atoms with Crippen molar-refractivity contribution in [2.24, 2.45) is 0 Å². The maximum atomic E-state index is 12.1. The highest BCUT2D eigenvalue weighted by atomic mass is 32.1. The highest BCUT2D eigenvalue weighted by molar-refractivity contribution is 7.08. The number of nitrogens with one attached hydrogen (secondary N) is 1. The molecule has 1 N–H and O–H groups in total. The number of furan rings is 1. The normalized spacial score (nSPS) is 10.8. The number of pyridine rings is 1. The Morgan fingerprint density at radius 1 is 1.35 bits per heavy atom. The summed E-state index contributed by atoms with van der Waals surface area (Å²) in [5.74, 6) is -0.127. The number of aromatic nitrogens is 1. The summed E-state index contributed by atoms with van der Waals surface area (Å²) in [6, 6.07) is 5.33. The molecule has 5 nitrogen and oxygen atoms in total. The topological polar surface area (TPSA) is 64.2 Å². The maximum absolute atomic E-state index is 12.1. The lowest BCUT2D eigenvalue weighted by atomic mass is 10.3. The molecule has 3 heterocycles. The highest BCUT2D eigenvalue weighted by Gasteiger charge is 2.07. The third kappa shape index (κ3) is 2.37. The SMILES string of the molecule is O=C(NCCn1ccc2ccoc2c1=O)c1ccsc1. The van der Waals surface area contributed by atoms with Gasteiger partial charge in [-0.1, -0.05) is 0 Å². The van der Waals surface area contributed by atoms with Gasteiger partial charge in [0.25, 0.3) is 11.5 Å². The van der Waals surface area contributed by atoms with Crippen molar-refractivity contribution in [1.29, 1.82) is 0 Å². The summed E-state index contributed by atoms with van der Waals surface area (Å²) in [5, 5.41) is 7.21. The summed E-state index contributed by atoms with van der Waals surface area (Å²) in [5.41, 5.74) is 0.803. The van der Waals surface area contributed by atoms with E-state index in [2.05, 4.69) is 5.32 Å². The number of rotatable bonds is 4. The van der Waals surface area contributed by atoms with Gasteiger partial charge < -0.3 is 14.3 Å². The molecule has 1 amide bonds. The van der Waals surface area contributed by atoms with Gasteiger partial charge in [0.05, 0.1) is 6.26 Å². The monoisotopic (exact) mass is 288 g/mol. The zero-order valence-corrected chi connectivity index (χ0v) is 11.4. The van der Waals surface area contributed by atoms with Crippen LogP contribution in [0.4, 0.5) is 0 Å². The third-order valence-electron chi connectivity index (χ3n) is 3.01. The van der Waals surface area contributed by atoms with Crippen molar-refractivity contribution in [2.45, 2.75) is 6.54 Å². The van der Waals surface area contributed by atoms with Crippen LogP contribution in [0.25, 0.3) is 11.0 Å². The molecule has 6 heteroatoms. The number of carbonyl (C=O) groups excluding carboxylic acids is 1. The Morgan fingerprint density at radius 3 is 3.05 bits per heavy atom. The first kappa shape index (κ1) is 12.7. The molecule has 3 aromatic heterocycles. The number of hydrogen-bond donors (Lipinski definition) is 1. The van der Waals surface area contributed by atoms with Crippen LogP contribution in [0.15, 0.2) is 50.6 Å². The zero-order chi connectivity index (χ0) is 13.9.